The molecule has 3 aromatic carbocycles. The Balaban J connectivity index is 1.38. The molecule has 2 atom stereocenters. The van der Waals surface area contributed by atoms with E-state index in [-0.39, 0.29) is 31.2 Å². The van der Waals surface area contributed by atoms with Crippen LogP contribution in [0.2, 0.25) is 0 Å². The maximum absolute atomic E-state index is 11.3. The van der Waals surface area contributed by atoms with E-state index >= 15 is 0 Å². The van der Waals surface area contributed by atoms with Crippen LogP contribution in [0.4, 0.5) is 0 Å². The lowest BCUT2D eigenvalue weighted by atomic mass is 10.0. The molecule has 3 aromatic rings. The van der Waals surface area contributed by atoms with E-state index in [4.69, 9.17) is 23.7 Å². The van der Waals surface area contributed by atoms with Crippen molar-refractivity contribution < 1.29 is 28.8 Å². The molecule has 6 nitrogen and oxygen atoms in total. The average molecular weight is 593 g/mol. The van der Waals surface area contributed by atoms with E-state index in [2.05, 4.69) is 24.0 Å². The molecule has 0 radical (unpaired) electrons. The first-order valence-electron chi connectivity index (χ1n) is 15.2. The highest BCUT2D eigenvalue weighted by atomic mass is 16.6. The van der Waals surface area contributed by atoms with Crippen molar-refractivity contribution in [2.75, 3.05) is 39.6 Å². The average Bonchev–Trinajstić information content (AvgIpc) is 3.35. The lowest BCUT2D eigenvalue weighted by molar-refractivity contribution is -0.0394. The van der Waals surface area contributed by atoms with Crippen molar-refractivity contribution in [2.45, 2.75) is 38.3 Å². The number of benzene rings is 3. The third-order valence-electron chi connectivity index (χ3n) is 7.35. The quantitative estimate of drug-likeness (QED) is 0.329. The normalized spacial score (nSPS) is 20.6. The minimum absolute atomic E-state index is 0.149. The Kier molecular flexibility index (Phi) is 12.4. The first-order chi connectivity index (χ1) is 21.8. The molecule has 228 valence electrons. The number of rotatable bonds is 2. The van der Waals surface area contributed by atoms with Gasteiger partial charge in [-0.3, -0.25) is 0 Å². The van der Waals surface area contributed by atoms with Crippen molar-refractivity contribution in [3.8, 4) is 17.6 Å². The summed E-state index contributed by atoms with van der Waals surface area (Å²) in [5, 5.41) is 11.3. The van der Waals surface area contributed by atoms with Crippen LogP contribution in [0.1, 0.15) is 46.8 Å². The van der Waals surface area contributed by atoms with Gasteiger partial charge in [0.15, 0.2) is 0 Å². The minimum Gasteiger partial charge on any atom is -0.507 e. The number of allylic oxidation sites excluding steroid dienone is 5. The summed E-state index contributed by atoms with van der Waals surface area (Å²) in [7, 11) is 0. The first kappa shape index (κ1) is 31.5. The molecule has 0 spiro atoms. The SMILES string of the molecule is Oc1c2cc(C#Cc3ccccc3)cc1COC[C@H](c1ccccc1)OCCCOCCOC(C1=CC=CC=CC1)COC2. The van der Waals surface area contributed by atoms with Gasteiger partial charge in [-0.25, -0.2) is 0 Å². The topological polar surface area (TPSA) is 66.4 Å². The van der Waals surface area contributed by atoms with E-state index in [9.17, 15) is 5.11 Å². The Hall–Kier alpha value is -3.96. The number of hydrogen-bond donors (Lipinski definition) is 1. The Morgan fingerprint density at radius 3 is 2.09 bits per heavy atom. The lowest BCUT2D eigenvalue weighted by Gasteiger charge is -2.21. The molecule has 0 saturated carbocycles. The number of ether oxygens (including phenoxy) is 5. The van der Waals surface area contributed by atoms with Crippen LogP contribution in [0.25, 0.3) is 0 Å². The van der Waals surface area contributed by atoms with Crippen LogP contribution in [-0.2, 0) is 36.9 Å². The molecule has 1 heterocycles. The van der Waals surface area contributed by atoms with E-state index in [1.54, 1.807) is 0 Å². The van der Waals surface area contributed by atoms with Gasteiger partial charge in [0.05, 0.1) is 39.6 Å². The molecule has 6 heteroatoms. The summed E-state index contributed by atoms with van der Waals surface area (Å²) in [6, 6.07) is 23.7. The minimum atomic E-state index is -0.246. The van der Waals surface area contributed by atoms with Crippen LogP contribution >= 0.6 is 0 Å². The van der Waals surface area contributed by atoms with E-state index in [1.807, 2.05) is 91.0 Å². The number of phenolic OH excluding ortho intramolecular Hbond substituents is 1. The molecule has 0 aromatic heterocycles. The van der Waals surface area contributed by atoms with E-state index in [0.717, 1.165) is 35.1 Å². The summed E-state index contributed by atoms with van der Waals surface area (Å²) >= 11 is 0. The van der Waals surface area contributed by atoms with Crippen LogP contribution in [-0.4, -0.2) is 50.9 Å². The van der Waals surface area contributed by atoms with Gasteiger partial charge >= 0.3 is 0 Å². The fourth-order valence-electron chi connectivity index (χ4n) is 5.01. The summed E-state index contributed by atoms with van der Waals surface area (Å²) < 4.78 is 30.7. The Morgan fingerprint density at radius 2 is 1.32 bits per heavy atom. The van der Waals surface area contributed by atoms with E-state index < -0.39 is 0 Å². The molecule has 2 aliphatic rings. The molecule has 1 N–H and O–H groups in total. The van der Waals surface area contributed by atoms with Crippen LogP contribution < -0.4 is 0 Å². The molecule has 44 heavy (non-hydrogen) atoms. The number of aromatic hydroxyl groups is 1. The van der Waals surface area contributed by atoms with Crippen molar-refractivity contribution in [3.05, 3.63) is 137 Å². The van der Waals surface area contributed by atoms with Gasteiger partial charge in [-0.15, -0.1) is 0 Å². The van der Waals surface area contributed by atoms with Crippen LogP contribution in [0.15, 0.2) is 109 Å². The molecule has 1 aliphatic heterocycles. The number of phenols is 1. The van der Waals surface area contributed by atoms with E-state index in [1.165, 1.54) is 0 Å². The van der Waals surface area contributed by atoms with Gasteiger partial charge in [-0.05, 0) is 48.2 Å². The maximum Gasteiger partial charge on any atom is 0.126 e. The molecule has 2 bridgehead atoms. The van der Waals surface area contributed by atoms with Crippen molar-refractivity contribution >= 4 is 0 Å². The van der Waals surface area contributed by atoms with Gasteiger partial charge in [0.1, 0.15) is 18.0 Å². The Labute approximate surface area is 260 Å². The lowest BCUT2D eigenvalue weighted by Crippen LogP contribution is -2.24. The van der Waals surface area contributed by atoms with Crippen LogP contribution in [0, 0.1) is 11.8 Å². The molecule has 1 unspecified atom stereocenters. The monoisotopic (exact) mass is 592 g/mol. The van der Waals surface area contributed by atoms with Crippen molar-refractivity contribution in [1.82, 2.24) is 0 Å². The summed E-state index contributed by atoms with van der Waals surface area (Å²) in [4.78, 5) is 0. The second-order valence-corrected chi connectivity index (χ2v) is 10.6. The molecule has 5 rings (SSSR count). The van der Waals surface area contributed by atoms with Crippen molar-refractivity contribution in [3.63, 3.8) is 0 Å². The maximum atomic E-state index is 11.3. The predicted molar refractivity (Wildman–Crippen MR) is 171 cm³/mol. The zero-order valence-corrected chi connectivity index (χ0v) is 25.0. The van der Waals surface area contributed by atoms with Gasteiger partial charge in [0.25, 0.3) is 0 Å². The number of fused-ring (bicyclic) bond motifs is 2. The molecular formula is C38H40O6. The standard InChI is InChI=1S/C38H40O6/c39-38-34-24-31(19-18-30-12-5-3-6-13-30)25-35(38)27-42-29-37(33-14-7-1-2-8-15-33)44-23-22-40-20-11-21-43-36(28-41-26-34)32-16-9-4-10-17-32/h1-10,12-14,16-17,24-25,36-37,39H,11,15,20-23,26-29H2/t36-,37?/m1/s1. The third kappa shape index (κ3) is 9.78. The zero-order valence-electron chi connectivity index (χ0n) is 25.0. The molecule has 0 amide bonds. The fraction of sp³-hybridized carbons (Fsp3) is 0.316. The predicted octanol–water partition coefficient (Wildman–Crippen LogP) is 6.83. The highest BCUT2D eigenvalue weighted by molar-refractivity contribution is 5.51. The van der Waals surface area contributed by atoms with Gasteiger partial charge in [0, 0.05) is 35.5 Å². The van der Waals surface area contributed by atoms with Crippen molar-refractivity contribution in [1.29, 1.82) is 0 Å². The second kappa shape index (κ2) is 17.4. The van der Waals surface area contributed by atoms with Gasteiger partial charge in [-0.2, -0.15) is 0 Å². The fourth-order valence-corrected chi connectivity index (χ4v) is 5.01. The zero-order chi connectivity index (χ0) is 30.2. The number of hydrogen-bond acceptors (Lipinski definition) is 6. The van der Waals surface area contributed by atoms with E-state index in [0.29, 0.717) is 50.8 Å². The Morgan fingerprint density at radius 1 is 0.636 bits per heavy atom. The molecule has 0 fully saturated rings. The smallest absolute Gasteiger partial charge is 0.126 e. The van der Waals surface area contributed by atoms with Gasteiger partial charge in [0.2, 0.25) is 0 Å². The molecular weight excluding hydrogens is 552 g/mol. The van der Waals surface area contributed by atoms with Crippen LogP contribution in [0.5, 0.6) is 5.75 Å². The largest absolute Gasteiger partial charge is 0.507 e. The van der Waals surface area contributed by atoms with Crippen LogP contribution in [0.3, 0.4) is 0 Å². The highest BCUT2D eigenvalue weighted by Gasteiger charge is 2.18. The summed E-state index contributed by atoms with van der Waals surface area (Å²) in [5.41, 5.74) is 5.15. The molecule has 0 saturated heterocycles. The highest BCUT2D eigenvalue weighted by Crippen LogP contribution is 2.28. The summed E-state index contributed by atoms with van der Waals surface area (Å²) in [5.74, 6) is 6.62. The van der Waals surface area contributed by atoms with Crippen molar-refractivity contribution in [2.24, 2.45) is 0 Å². The molecule has 1 aliphatic carbocycles. The summed E-state index contributed by atoms with van der Waals surface area (Å²) in [6.07, 6.45) is 11.3. The summed E-state index contributed by atoms with van der Waals surface area (Å²) in [6.45, 7) is 3.11. The second-order valence-electron chi connectivity index (χ2n) is 10.6. The Bertz CT molecular complexity index is 1470. The third-order valence-corrected chi connectivity index (χ3v) is 7.35. The van der Waals surface area contributed by atoms with Gasteiger partial charge < -0.3 is 28.8 Å². The first-order valence-corrected chi connectivity index (χ1v) is 15.2. The van der Waals surface area contributed by atoms with Gasteiger partial charge in [-0.1, -0.05) is 90.8 Å².